The fourth-order valence-electron chi connectivity index (χ4n) is 1.82. The Bertz CT molecular complexity index is 688. The molecule has 0 N–H and O–H groups in total. The van der Waals surface area contributed by atoms with Crippen molar-refractivity contribution in [1.29, 1.82) is 0 Å². The van der Waals surface area contributed by atoms with Crippen LogP contribution in [0.5, 0.6) is 0 Å². The highest BCUT2D eigenvalue weighted by Gasteiger charge is 2.06. The van der Waals surface area contributed by atoms with E-state index in [0.717, 1.165) is 11.3 Å². The van der Waals surface area contributed by atoms with E-state index in [1.54, 1.807) is 29.1 Å². The number of rotatable bonds is 1. The molecule has 0 spiro atoms. The zero-order valence-corrected chi connectivity index (χ0v) is 9.26. The number of benzene rings is 1. The molecule has 2 heterocycles. The van der Waals surface area contributed by atoms with Crippen molar-refractivity contribution in [3.8, 4) is 11.3 Å². The molecule has 3 nitrogen and oxygen atoms in total. The zero-order chi connectivity index (χ0) is 11.8. The third-order valence-corrected chi connectivity index (χ3v) is 2.68. The highest BCUT2D eigenvalue weighted by molar-refractivity contribution is 5.83. The molecule has 0 saturated heterocycles. The number of hydrogen-bond acceptors (Lipinski definition) is 2. The Morgan fingerprint density at radius 1 is 1.24 bits per heavy atom. The van der Waals surface area contributed by atoms with E-state index in [0.29, 0.717) is 10.9 Å². The molecule has 84 valence electrons. The second-order valence-corrected chi connectivity index (χ2v) is 3.91. The number of pyridine rings is 1. The molecule has 0 radical (unpaired) electrons. The summed E-state index contributed by atoms with van der Waals surface area (Å²) in [6, 6.07) is 8.54. The third kappa shape index (κ3) is 1.67. The van der Waals surface area contributed by atoms with Gasteiger partial charge >= 0.3 is 0 Å². The van der Waals surface area contributed by atoms with Gasteiger partial charge in [-0.1, -0.05) is 6.07 Å². The van der Waals surface area contributed by atoms with Crippen LogP contribution in [-0.2, 0) is 7.05 Å². The molecule has 1 aromatic carbocycles. The van der Waals surface area contributed by atoms with Crippen LogP contribution in [0.2, 0.25) is 0 Å². The van der Waals surface area contributed by atoms with Crippen LogP contribution < -0.4 is 0 Å². The number of hydrogen-bond donors (Lipinski definition) is 0. The van der Waals surface area contributed by atoms with E-state index in [4.69, 9.17) is 0 Å². The predicted molar refractivity (Wildman–Crippen MR) is 63.9 cm³/mol. The number of fused-ring (bicyclic) bond motifs is 1. The normalized spacial score (nSPS) is 10.9. The monoisotopic (exact) mass is 227 g/mol. The molecular formula is C13H10FN3. The second kappa shape index (κ2) is 3.66. The second-order valence-electron chi connectivity index (χ2n) is 3.91. The topological polar surface area (TPSA) is 30.7 Å². The van der Waals surface area contributed by atoms with Crippen molar-refractivity contribution in [2.75, 3.05) is 0 Å². The Morgan fingerprint density at radius 2 is 2.12 bits per heavy atom. The van der Waals surface area contributed by atoms with Gasteiger partial charge in [0.2, 0.25) is 0 Å². The van der Waals surface area contributed by atoms with Crippen LogP contribution in [0.25, 0.3) is 22.2 Å². The van der Waals surface area contributed by atoms with E-state index >= 15 is 0 Å². The molecule has 0 atom stereocenters. The van der Waals surface area contributed by atoms with Gasteiger partial charge in [-0.15, -0.1) is 0 Å². The van der Waals surface area contributed by atoms with Gasteiger partial charge in [-0.05, 0) is 24.3 Å². The van der Waals surface area contributed by atoms with Gasteiger partial charge in [-0.3, -0.25) is 9.67 Å². The van der Waals surface area contributed by atoms with Crippen LogP contribution >= 0.6 is 0 Å². The van der Waals surface area contributed by atoms with Crippen LogP contribution in [0.4, 0.5) is 4.39 Å². The fraction of sp³-hybridized carbons (Fsp3) is 0.0769. The van der Waals surface area contributed by atoms with Gasteiger partial charge in [0.25, 0.3) is 0 Å². The van der Waals surface area contributed by atoms with E-state index in [9.17, 15) is 4.39 Å². The van der Waals surface area contributed by atoms with Crippen molar-refractivity contribution >= 4 is 10.9 Å². The van der Waals surface area contributed by atoms with Gasteiger partial charge in [-0.25, -0.2) is 4.39 Å². The van der Waals surface area contributed by atoms with Gasteiger partial charge in [0.05, 0.1) is 11.2 Å². The molecule has 17 heavy (non-hydrogen) atoms. The van der Waals surface area contributed by atoms with Crippen molar-refractivity contribution in [3.63, 3.8) is 0 Å². The third-order valence-electron chi connectivity index (χ3n) is 2.68. The summed E-state index contributed by atoms with van der Waals surface area (Å²) >= 11 is 0. The van der Waals surface area contributed by atoms with Crippen molar-refractivity contribution in [2.24, 2.45) is 7.05 Å². The minimum Gasteiger partial charge on any atom is -0.275 e. The molecule has 0 amide bonds. The van der Waals surface area contributed by atoms with Gasteiger partial charge < -0.3 is 0 Å². The summed E-state index contributed by atoms with van der Waals surface area (Å²) in [5, 5.41) is 4.80. The average molecular weight is 227 g/mol. The quantitative estimate of drug-likeness (QED) is 0.640. The molecule has 4 heteroatoms. The van der Waals surface area contributed by atoms with E-state index < -0.39 is 0 Å². The van der Waals surface area contributed by atoms with Crippen LogP contribution in [0.3, 0.4) is 0 Å². The average Bonchev–Trinajstić information content (AvgIpc) is 2.76. The Labute approximate surface area is 97.5 Å². The maximum atomic E-state index is 13.6. The maximum absolute atomic E-state index is 13.6. The van der Waals surface area contributed by atoms with Gasteiger partial charge in [0.15, 0.2) is 0 Å². The van der Waals surface area contributed by atoms with E-state index in [1.165, 1.54) is 6.07 Å². The van der Waals surface area contributed by atoms with Gasteiger partial charge in [0, 0.05) is 30.4 Å². The lowest BCUT2D eigenvalue weighted by molar-refractivity contribution is 0.639. The fourth-order valence-corrected chi connectivity index (χ4v) is 1.82. The Morgan fingerprint density at radius 3 is 2.88 bits per heavy atom. The highest BCUT2D eigenvalue weighted by atomic mass is 19.1. The summed E-state index contributed by atoms with van der Waals surface area (Å²) in [7, 11) is 1.85. The predicted octanol–water partition coefficient (Wildman–Crippen LogP) is 2.77. The molecule has 3 rings (SSSR count). The Balaban J connectivity index is 2.22. The first-order valence-electron chi connectivity index (χ1n) is 5.28. The lowest BCUT2D eigenvalue weighted by atomic mass is 10.1. The Hall–Kier alpha value is -2.23. The first-order chi connectivity index (χ1) is 8.24. The number of halogens is 1. The molecule has 0 aliphatic heterocycles. The molecule has 0 saturated carbocycles. The van der Waals surface area contributed by atoms with Crippen LogP contribution in [0.15, 0.2) is 42.7 Å². The van der Waals surface area contributed by atoms with E-state index in [2.05, 4.69) is 10.1 Å². The van der Waals surface area contributed by atoms with Gasteiger partial charge in [-0.2, -0.15) is 5.10 Å². The van der Waals surface area contributed by atoms with Crippen molar-refractivity contribution < 1.29 is 4.39 Å². The standard InChI is InChI=1S/C13H10FN3/c1-17-6-5-12(16-17)9-7-10-11(14)3-2-4-13(10)15-8-9/h2-8H,1H3. The van der Waals surface area contributed by atoms with Crippen molar-refractivity contribution in [2.45, 2.75) is 0 Å². The number of nitrogens with zero attached hydrogens (tertiary/aromatic N) is 3. The molecule has 0 bridgehead atoms. The van der Waals surface area contributed by atoms with Crippen LogP contribution in [-0.4, -0.2) is 14.8 Å². The summed E-state index contributed by atoms with van der Waals surface area (Å²) in [6.45, 7) is 0. The van der Waals surface area contributed by atoms with Crippen LogP contribution in [0, 0.1) is 5.82 Å². The smallest absolute Gasteiger partial charge is 0.132 e. The lowest BCUT2D eigenvalue weighted by Crippen LogP contribution is -1.89. The summed E-state index contributed by atoms with van der Waals surface area (Å²) in [5.74, 6) is -0.257. The minimum atomic E-state index is -0.257. The molecule has 3 aromatic rings. The first-order valence-corrected chi connectivity index (χ1v) is 5.28. The largest absolute Gasteiger partial charge is 0.275 e. The van der Waals surface area contributed by atoms with E-state index in [-0.39, 0.29) is 5.82 Å². The van der Waals surface area contributed by atoms with Crippen molar-refractivity contribution in [1.82, 2.24) is 14.8 Å². The zero-order valence-electron chi connectivity index (χ0n) is 9.26. The molecule has 0 aliphatic carbocycles. The molecule has 0 aliphatic rings. The number of aryl methyl sites for hydroxylation is 1. The number of aromatic nitrogens is 3. The summed E-state index contributed by atoms with van der Waals surface area (Å²) < 4.78 is 15.3. The summed E-state index contributed by atoms with van der Waals surface area (Å²) in [4.78, 5) is 4.24. The highest BCUT2D eigenvalue weighted by Crippen LogP contribution is 2.22. The van der Waals surface area contributed by atoms with Crippen LogP contribution in [0.1, 0.15) is 0 Å². The minimum absolute atomic E-state index is 0.257. The maximum Gasteiger partial charge on any atom is 0.132 e. The molecular weight excluding hydrogens is 217 g/mol. The lowest BCUT2D eigenvalue weighted by Gasteiger charge is -2.01. The summed E-state index contributed by atoms with van der Waals surface area (Å²) in [5.41, 5.74) is 2.28. The first kappa shape index (κ1) is 9.96. The molecule has 0 unspecified atom stereocenters. The molecule has 2 aromatic heterocycles. The van der Waals surface area contributed by atoms with Crippen molar-refractivity contribution in [3.05, 3.63) is 48.5 Å². The van der Waals surface area contributed by atoms with E-state index in [1.807, 2.05) is 19.3 Å². The molecule has 0 fully saturated rings. The summed E-state index contributed by atoms with van der Waals surface area (Å²) in [6.07, 6.45) is 3.56. The Kier molecular flexibility index (Phi) is 2.14. The SMILES string of the molecule is Cn1ccc(-c2cnc3cccc(F)c3c2)n1. The van der Waals surface area contributed by atoms with Gasteiger partial charge in [0.1, 0.15) is 5.82 Å².